The van der Waals surface area contributed by atoms with Crippen LogP contribution in [0.2, 0.25) is 5.02 Å². The molecule has 5 N–H and O–H groups in total. The molecule has 0 saturated carbocycles. The van der Waals surface area contributed by atoms with Gasteiger partial charge in [0.15, 0.2) is 5.82 Å². The van der Waals surface area contributed by atoms with Crippen LogP contribution in [0.25, 0.3) is 32.9 Å². The molecule has 0 unspecified atom stereocenters. The molecule has 0 atom stereocenters. The van der Waals surface area contributed by atoms with Gasteiger partial charge in [-0.15, -0.1) is 0 Å². The third-order valence-electron chi connectivity index (χ3n) is 4.07. The van der Waals surface area contributed by atoms with Crippen LogP contribution in [0.5, 0.6) is 0 Å². The number of aromatic amines is 1. The molecule has 4 rings (SSSR count). The van der Waals surface area contributed by atoms with Gasteiger partial charge in [0.1, 0.15) is 5.82 Å². The molecular formula is C17H14ClN5. The average molecular weight is 324 g/mol. The average Bonchev–Trinajstić information content (AvgIpc) is 2.92. The van der Waals surface area contributed by atoms with Gasteiger partial charge in [-0.25, -0.2) is 4.98 Å². The van der Waals surface area contributed by atoms with Crippen molar-refractivity contribution in [2.75, 3.05) is 11.5 Å². The number of nitrogens with two attached hydrogens (primary N) is 2. The van der Waals surface area contributed by atoms with Crippen LogP contribution >= 0.6 is 11.6 Å². The first-order chi connectivity index (χ1) is 11.1. The molecule has 23 heavy (non-hydrogen) atoms. The van der Waals surface area contributed by atoms with Gasteiger partial charge < -0.3 is 11.5 Å². The maximum atomic E-state index is 6.08. The van der Waals surface area contributed by atoms with E-state index < -0.39 is 0 Å². The SMILES string of the molecule is Cc1ccc(-c2ccc(Cl)cc2)c2c1nc(N)c1c(N)n[nH]c12. The topological polar surface area (TPSA) is 93.6 Å². The van der Waals surface area contributed by atoms with E-state index >= 15 is 0 Å². The van der Waals surface area contributed by atoms with Crippen molar-refractivity contribution in [1.82, 2.24) is 15.2 Å². The summed E-state index contributed by atoms with van der Waals surface area (Å²) in [6, 6.07) is 11.8. The number of hydrogen-bond donors (Lipinski definition) is 3. The van der Waals surface area contributed by atoms with Crippen LogP contribution < -0.4 is 11.5 Å². The third-order valence-corrected chi connectivity index (χ3v) is 4.32. The Labute approximate surface area is 137 Å². The van der Waals surface area contributed by atoms with Crippen molar-refractivity contribution in [3.05, 3.63) is 47.0 Å². The molecule has 0 bridgehead atoms. The molecule has 2 heterocycles. The molecule has 2 aromatic carbocycles. The number of hydrogen-bond acceptors (Lipinski definition) is 4. The molecule has 0 fully saturated rings. The number of nitrogens with zero attached hydrogens (tertiary/aromatic N) is 2. The van der Waals surface area contributed by atoms with Crippen LogP contribution in [0.15, 0.2) is 36.4 Å². The predicted octanol–water partition coefficient (Wildman–Crippen LogP) is 3.90. The van der Waals surface area contributed by atoms with Crippen molar-refractivity contribution in [2.24, 2.45) is 0 Å². The molecular weight excluding hydrogens is 310 g/mol. The number of halogens is 1. The predicted molar refractivity (Wildman–Crippen MR) is 95.4 cm³/mol. The lowest BCUT2D eigenvalue weighted by Gasteiger charge is -2.11. The van der Waals surface area contributed by atoms with E-state index in [-0.39, 0.29) is 0 Å². The van der Waals surface area contributed by atoms with Crippen molar-refractivity contribution in [2.45, 2.75) is 6.92 Å². The molecule has 0 radical (unpaired) electrons. The largest absolute Gasteiger partial charge is 0.383 e. The van der Waals surface area contributed by atoms with E-state index in [0.717, 1.165) is 33.1 Å². The molecule has 0 amide bonds. The van der Waals surface area contributed by atoms with Gasteiger partial charge in [-0.2, -0.15) is 5.10 Å². The second-order valence-electron chi connectivity index (χ2n) is 5.52. The van der Waals surface area contributed by atoms with Crippen molar-refractivity contribution in [3.8, 4) is 11.1 Å². The Morgan fingerprint density at radius 3 is 2.43 bits per heavy atom. The number of H-pyrrole nitrogens is 1. The summed E-state index contributed by atoms with van der Waals surface area (Å²) >= 11 is 6.00. The minimum absolute atomic E-state index is 0.357. The molecule has 2 aromatic heterocycles. The summed E-state index contributed by atoms with van der Waals surface area (Å²) in [5.41, 5.74) is 16.8. The first kappa shape index (κ1) is 13.8. The van der Waals surface area contributed by atoms with Crippen LogP contribution in [0.1, 0.15) is 5.56 Å². The first-order valence-electron chi connectivity index (χ1n) is 7.14. The Bertz CT molecular complexity index is 1050. The summed E-state index contributed by atoms with van der Waals surface area (Å²) in [6.45, 7) is 2.01. The Morgan fingerprint density at radius 2 is 1.70 bits per heavy atom. The quantitative estimate of drug-likeness (QED) is 0.495. The first-order valence-corrected chi connectivity index (χ1v) is 7.52. The van der Waals surface area contributed by atoms with Crippen molar-refractivity contribution in [3.63, 3.8) is 0 Å². The summed E-state index contributed by atoms with van der Waals surface area (Å²) in [5, 5.41) is 9.42. The molecule has 0 aliphatic rings. The van der Waals surface area contributed by atoms with Gasteiger partial charge in [0.25, 0.3) is 0 Å². The molecule has 0 aliphatic carbocycles. The van der Waals surface area contributed by atoms with Crippen LogP contribution in [0, 0.1) is 6.92 Å². The highest BCUT2D eigenvalue weighted by molar-refractivity contribution is 6.30. The zero-order valence-electron chi connectivity index (χ0n) is 12.4. The monoisotopic (exact) mass is 323 g/mol. The molecule has 4 aromatic rings. The number of benzene rings is 2. The zero-order chi connectivity index (χ0) is 16.1. The molecule has 5 nitrogen and oxygen atoms in total. The van der Waals surface area contributed by atoms with Crippen molar-refractivity contribution >= 4 is 45.0 Å². The number of fused-ring (bicyclic) bond motifs is 3. The minimum atomic E-state index is 0.357. The lowest BCUT2D eigenvalue weighted by atomic mass is 9.97. The van der Waals surface area contributed by atoms with Gasteiger partial charge >= 0.3 is 0 Å². The fourth-order valence-corrected chi connectivity index (χ4v) is 3.06. The smallest absolute Gasteiger partial charge is 0.156 e. The number of rotatable bonds is 1. The lowest BCUT2D eigenvalue weighted by Crippen LogP contribution is -1.97. The van der Waals surface area contributed by atoms with Crippen molar-refractivity contribution < 1.29 is 0 Å². The van der Waals surface area contributed by atoms with Gasteiger partial charge in [-0.1, -0.05) is 35.9 Å². The van der Waals surface area contributed by atoms with E-state index in [0.29, 0.717) is 22.0 Å². The van der Waals surface area contributed by atoms with Crippen LogP contribution in [-0.4, -0.2) is 15.2 Å². The lowest BCUT2D eigenvalue weighted by molar-refractivity contribution is 1.13. The van der Waals surface area contributed by atoms with E-state index in [1.807, 2.05) is 37.3 Å². The summed E-state index contributed by atoms with van der Waals surface area (Å²) in [4.78, 5) is 4.55. The molecule has 6 heteroatoms. The fourth-order valence-electron chi connectivity index (χ4n) is 2.94. The summed E-state index contributed by atoms with van der Waals surface area (Å²) in [5.74, 6) is 0.741. The maximum Gasteiger partial charge on any atom is 0.156 e. The Balaban J connectivity index is 2.19. The zero-order valence-corrected chi connectivity index (χ0v) is 13.1. The van der Waals surface area contributed by atoms with E-state index in [1.54, 1.807) is 0 Å². The maximum absolute atomic E-state index is 6.08. The number of aryl methyl sites for hydroxylation is 1. The second-order valence-corrected chi connectivity index (χ2v) is 5.95. The van der Waals surface area contributed by atoms with Gasteiger partial charge in [0.2, 0.25) is 0 Å². The van der Waals surface area contributed by atoms with E-state index in [4.69, 9.17) is 23.1 Å². The van der Waals surface area contributed by atoms with E-state index in [1.165, 1.54) is 0 Å². The number of nitrogens with one attached hydrogen (secondary N) is 1. The van der Waals surface area contributed by atoms with E-state index in [2.05, 4.69) is 21.2 Å². The number of anilines is 2. The highest BCUT2D eigenvalue weighted by Gasteiger charge is 2.17. The summed E-state index contributed by atoms with van der Waals surface area (Å²) in [6.07, 6.45) is 0. The third kappa shape index (κ3) is 2.01. The Kier molecular flexibility index (Phi) is 2.92. The van der Waals surface area contributed by atoms with Crippen LogP contribution in [-0.2, 0) is 0 Å². The number of nitrogen functional groups attached to an aromatic ring is 2. The second kappa shape index (κ2) is 4.86. The Morgan fingerprint density at radius 1 is 0.957 bits per heavy atom. The van der Waals surface area contributed by atoms with Gasteiger partial charge in [-0.05, 0) is 35.7 Å². The highest BCUT2D eigenvalue weighted by Crippen LogP contribution is 2.37. The highest BCUT2D eigenvalue weighted by atomic mass is 35.5. The fraction of sp³-hybridized carbons (Fsp3) is 0.0588. The van der Waals surface area contributed by atoms with Crippen molar-refractivity contribution in [1.29, 1.82) is 0 Å². The van der Waals surface area contributed by atoms with Gasteiger partial charge in [0.05, 0.1) is 16.4 Å². The summed E-state index contributed by atoms with van der Waals surface area (Å²) in [7, 11) is 0. The molecule has 114 valence electrons. The van der Waals surface area contributed by atoms with Crippen LogP contribution in [0.3, 0.4) is 0 Å². The summed E-state index contributed by atoms with van der Waals surface area (Å²) < 4.78 is 0. The molecule has 0 aliphatic heterocycles. The number of aromatic nitrogens is 3. The Hall–Kier alpha value is -2.79. The molecule has 0 spiro atoms. The van der Waals surface area contributed by atoms with Crippen LogP contribution in [0.4, 0.5) is 11.6 Å². The van der Waals surface area contributed by atoms with Gasteiger partial charge in [-0.3, -0.25) is 5.10 Å². The van der Waals surface area contributed by atoms with Gasteiger partial charge in [0, 0.05) is 10.4 Å². The van der Waals surface area contributed by atoms with E-state index in [9.17, 15) is 0 Å². The normalized spacial score (nSPS) is 11.4. The standard InChI is InChI=1S/C17H14ClN5/c1-8-2-7-11(9-3-5-10(18)6-4-9)12-14(8)21-16(19)13-15(12)22-23-17(13)20/h2-7H,1H3,(H2,19,21)(H3,20,22,23). The number of pyridine rings is 1. The minimum Gasteiger partial charge on any atom is -0.383 e. The molecule has 0 saturated heterocycles.